The topological polar surface area (TPSA) is 12.9 Å². The minimum Gasteiger partial charge on any atom is -0.256 e. The largest absolute Gasteiger partial charge is 0.256 e. The number of fused-ring (bicyclic) bond motifs is 4. The summed E-state index contributed by atoms with van der Waals surface area (Å²) in [4.78, 5) is 4.46. The summed E-state index contributed by atoms with van der Waals surface area (Å²) in [5.41, 5.74) is 6.21. The quantitative estimate of drug-likeness (QED) is 0.250. The van der Waals surface area contributed by atoms with Gasteiger partial charge in [0.1, 0.15) is 0 Å². The zero-order valence-corrected chi connectivity index (χ0v) is 18.7. The molecule has 0 bridgehead atoms. The van der Waals surface area contributed by atoms with Crippen LogP contribution >= 0.6 is 15.9 Å². The summed E-state index contributed by atoms with van der Waals surface area (Å²) < 4.78 is 1.12. The number of rotatable bonds is 3. The normalized spacial score (nSPS) is 11.8. The molecular formula is C28H22BrN. The molecule has 30 heavy (non-hydrogen) atoms. The van der Waals surface area contributed by atoms with E-state index in [0.29, 0.717) is 0 Å². The second-order valence-corrected chi connectivity index (χ2v) is 8.52. The van der Waals surface area contributed by atoms with Gasteiger partial charge >= 0.3 is 0 Å². The van der Waals surface area contributed by atoms with Crippen LogP contribution in [0.2, 0.25) is 0 Å². The molecule has 0 N–H and O–H groups in total. The zero-order valence-electron chi connectivity index (χ0n) is 17.1. The standard InChI is InChI=1S/C28H22BrN/c1-3-6-23-22(4-2)27-17-21(29)10-12-25(27)24-11-8-19(16-26(23)24)18-9-13-28-20(15-18)7-5-14-30-28/h3,5-17H,4H2,1-2H3/b6-3-. The zero-order chi connectivity index (χ0) is 20.7. The number of nitrogens with zero attached hydrogens (tertiary/aromatic N) is 1. The summed E-state index contributed by atoms with van der Waals surface area (Å²) in [7, 11) is 0. The van der Waals surface area contributed by atoms with Crippen molar-refractivity contribution in [2.45, 2.75) is 20.3 Å². The minimum atomic E-state index is 0.994. The second kappa shape index (κ2) is 7.70. The molecule has 0 aliphatic rings. The van der Waals surface area contributed by atoms with E-state index in [4.69, 9.17) is 0 Å². The predicted octanol–water partition coefficient (Wildman–Crippen LogP) is 8.57. The van der Waals surface area contributed by atoms with Gasteiger partial charge in [0.15, 0.2) is 0 Å². The molecule has 1 heterocycles. The third-order valence-electron chi connectivity index (χ3n) is 5.85. The summed E-state index contributed by atoms with van der Waals surface area (Å²) >= 11 is 3.66. The van der Waals surface area contributed by atoms with Gasteiger partial charge in [0.25, 0.3) is 0 Å². The molecule has 1 nitrogen and oxygen atoms in total. The van der Waals surface area contributed by atoms with Crippen LogP contribution in [0.15, 0.2) is 83.5 Å². The Morgan fingerprint density at radius 2 is 1.60 bits per heavy atom. The van der Waals surface area contributed by atoms with Gasteiger partial charge in [-0.05, 0) is 93.5 Å². The van der Waals surface area contributed by atoms with Gasteiger partial charge in [-0.2, -0.15) is 0 Å². The van der Waals surface area contributed by atoms with Crippen LogP contribution < -0.4 is 0 Å². The minimum absolute atomic E-state index is 0.994. The van der Waals surface area contributed by atoms with Gasteiger partial charge in [0.05, 0.1) is 5.52 Å². The van der Waals surface area contributed by atoms with Crippen molar-refractivity contribution in [3.63, 3.8) is 0 Å². The average molecular weight is 452 g/mol. The summed E-state index contributed by atoms with van der Waals surface area (Å²) in [6.45, 7) is 4.34. The monoisotopic (exact) mass is 451 g/mol. The Morgan fingerprint density at radius 3 is 2.43 bits per heavy atom. The number of allylic oxidation sites excluding steroid dienone is 1. The van der Waals surface area contributed by atoms with Crippen molar-refractivity contribution in [3.8, 4) is 11.1 Å². The van der Waals surface area contributed by atoms with E-state index in [2.05, 4.69) is 108 Å². The maximum Gasteiger partial charge on any atom is 0.0702 e. The fraction of sp³-hybridized carbons (Fsp3) is 0.107. The van der Waals surface area contributed by atoms with Crippen LogP contribution in [-0.2, 0) is 6.42 Å². The number of benzene rings is 4. The fourth-order valence-electron chi connectivity index (χ4n) is 4.48. The molecule has 0 aliphatic carbocycles. The summed E-state index contributed by atoms with van der Waals surface area (Å²) in [6.07, 6.45) is 7.24. The lowest BCUT2D eigenvalue weighted by atomic mass is 9.88. The number of pyridine rings is 1. The van der Waals surface area contributed by atoms with Crippen molar-refractivity contribution in [2.75, 3.05) is 0 Å². The molecule has 0 spiro atoms. The van der Waals surface area contributed by atoms with Crippen molar-refractivity contribution < 1.29 is 0 Å². The number of aryl methyl sites for hydroxylation is 1. The third kappa shape index (κ3) is 3.12. The number of hydrogen-bond acceptors (Lipinski definition) is 1. The van der Waals surface area contributed by atoms with Gasteiger partial charge in [-0.3, -0.25) is 4.98 Å². The van der Waals surface area contributed by atoms with E-state index < -0.39 is 0 Å². The van der Waals surface area contributed by atoms with E-state index in [0.717, 1.165) is 16.4 Å². The lowest BCUT2D eigenvalue weighted by Crippen LogP contribution is -1.93. The SMILES string of the molecule is C/C=C\c1c(CC)c2cc(Br)ccc2c2ccc(-c3ccc4ncccc4c3)cc12. The first kappa shape index (κ1) is 19.0. The summed E-state index contributed by atoms with van der Waals surface area (Å²) in [5, 5.41) is 6.42. The molecule has 5 aromatic rings. The third-order valence-corrected chi connectivity index (χ3v) is 6.35. The van der Waals surface area contributed by atoms with Gasteiger partial charge < -0.3 is 0 Å². The molecule has 4 aromatic carbocycles. The Bertz CT molecular complexity index is 1450. The van der Waals surface area contributed by atoms with Gasteiger partial charge in [-0.1, -0.05) is 65.3 Å². The molecule has 0 amide bonds. The maximum atomic E-state index is 4.46. The molecule has 0 saturated heterocycles. The average Bonchev–Trinajstić information content (AvgIpc) is 2.78. The van der Waals surface area contributed by atoms with Crippen LogP contribution in [-0.4, -0.2) is 4.98 Å². The lowest BCUT2D eigenvalue weighted by molar-refractivity contribution is 1.16. The number of hydrogen-bond donors (Lipinski definition) is 0. The van der Waals surface area contributed by atoms with Crippen molar-refractivity contribution in [1.29, 1.82) is 0 Å². The van der Waals surface area contributed by atoms with E-state index in [-0.39, 0.29) is 0 Å². The fourth-order valence-corrected chi connectivity index (χ4v) is 4.84. The Labute approximate surface area is 185 Å². The van der Waals surface area contributed by atoms with Crippen molar-refractivity contribution in [1.82, 2.24) is 4.98 Å². The first-order valence-corrected chi connectivity index (χ1v) is 11.1. The highest BCUT2D eigenvalue weighted by molar-refractivity contribution is 9.10. The molecule has 2 heteroatoms. The van der Waals surface area contributed by atoms with E-state index in [1.165, 1.54) is 49.2 Å². The van der Waals surface area contributed by atoms with Crippen LogP contribution in [0.3, 0.4) is 0 Å². The van der Waals surface area contributed by atoms with Crippen LogP contribution in [0.25, 0.3) is 49.7 Å². The molecule has 0 fully saturated rings. The molecule has 0 aliphatic heterocycles. The van der Waals surface area contributed by atoms with Crippen LogP contribution in [0.5, 0.6) is 0 Å². The molecule has 0 atom stereocenters. The predicted molar refractivity (Wildman–Crippen MR) is 134 cm³/mol. The Kier molecular flexibility index (Phi) is 4.88. The lowest BCUT2D eigenvalue weighted by Gasteiger charge is -2.16. The van der Waals surface area contributed by atoms with E-state index in [9.17, 15) is 0 Å². The molecule has 0 unspecified atom stereocenters. The van der Waals surface area contributed by atoms with Crippen LogP contribution in [0, 0.1) is 0 Å². The van der Waals surface area contributed by atoms with E-state index >= 15 is 0 Å². The smallest absolute Gasteiger partial charge is 0.0702 e. The van der Waals surface area contributed by atoms with Gasteiger partial charge in [-0.15, -0.1) is 0 Å². The van der Waals surface area contributed by atoms with Crippen molar-refractivity contribution in [3.05, 3.63) is 94.6 Å². The first-order valence-electron chi connectivity index (χ1n) is 10.4. The van der Waals surface area contributed by atoms with Gasteiger partial charge in [-0.25, -0.2) is 0 Å². The van der Waals surface area contributed by atoms with Crippen LogP contribution in [0.1, 0.15) is 25.0 Å². The summed E-state index contributed by atoms with van der Waals surface area (Å²) in [5.74, 6) is 0. The van der Waals surface area contributed by atoms with Crippen molar-refractivity contribution in [2.24, 2.45) is 0 Å². The highest BCUT2D eigenvalue weighted by Gasteiger charge is 2.13. The summed E-state index contributed by atoms with van der Waals surface area (Å²) in [6, 6.07) is 24.1. The molecule has 1 aromatic heterocycles. The first-order chi connectivity index (χ1) is 14.7. The van der Waals surface area contributed by atoms with Gasteiger partial charge in [0, 0.05) is 16.1 Å². The van der Waals surface area contributed by atoms with Crippen LogP contribution in [0.4, 0.5) is 0 Å². The highest BCUT2D eigenvalue weighted by atomic mass is 79.9. The van der Waals surface area contributed by atoms with E-state index in [1.807, 2.05) is 12.3 Å². The molecule has 5 rings (SSSR count). The molecule has 0 radical (unpaired) electrons. The Balaban J connectivity index is 1.83. The number of halogens is 1. The Morgan fingerprint density at radius 1 is 0.833 bits per heavy atom. The molecular weight excluding hydrogens is 430 g/mol. The second-order valence-electron chi connectivity index (χ2n) is 7.61. The van der Waals surface area contributed by atoms with Gasteiger partial charge in [0.2, 0.25) is 0 Å². The van der Waals surface area contributed by atoms with E-state index in [1.54, 1.807) is 0 Å². The Hall–Kier alpha value is -2.97. The molecule has 0 saturated carbocycles. The molecule has 146 valence electrons. The maximum absolute atomic E-state index is 4.46. The van der Waals surface area contributed by atoms with Crippen molar-refractivity contribution >= 4 is 54.5 Å². The highest BCUT2D eigenvalue weighted by Crippen LogP contribution is 2.38. The number of aromatic nitrogens is 1.